The summed E-state index contributed by atoms with van der Waals surface area (Å²) in [5.41, 5.74) is 3.00. The molecule has 0 bridgehead atoms. The maximum absolute atomic E-state index is 3.30. The van der Waals surface area contributed by atoms with Crippen LogP contribution < -0.4 is 0 Å². The number of aromatic nitrogens is 1. The molecule has 0 saturated carbocycles. The second-order valence-corrected chi connectivity index (χ2v) is 3.38. The largest absolute Gasteiger partial charge is 0.365 e. The summed E-state index contributed by atoms with van der Waals surface area (Å²) in [6.45, 7) is 4.59. The molecule has 0 unspecified atom stereocenters. The van der Waals surface area contributed by atoms with Crippen molar-refractivity contribution in [1.29, 1.82) is 0 Å². The molecule has 1 nitrogen and oxygen atoms in total. The SMILES string of the molecule is C[C@@H]1C[C@H](C)c2cc[nH]c21.[HH]. The first-order chi connectivity index (χ1) is 4.79. The standard InChI is InChI=1S/C9H13N.H2/c1-6-5-7(2)9-8(6)3-4-10-9;/h3-4,6-7,10H,5H2,1-2H3;1H/t6-,7+;/m0./s1. The molecular formula is C9H15N. The highest BCUT2D eigenvalue weighted by molar-refractivity contribution is 5.32. The maximum Gasteiger partial charge on any atom is 0.0211 e. The molecule has 2 rings (SSSR count). The third-order valence-corrected chi connectivity index (χ3v) is 2.54. The van der Waals surface area contributed by atoms with Crippen LogP contribution >= 0.6 is 0 Å². The summed E-state index contributed by atoms with van der Waals surface area (Å²) in [4.78, 5) is 3.30. The van der Waals surface area contributed by atoms with Crippen LogP contribution in [0.4, 0.5) is 0 Å². The van der Waals surface area contributed by atoms with E-state index in [2.05, 4.69) is 31.1 Å². The van der Waals surface area contributed by atoms with Crippen LogP contribution in [0.2, 0.25) is 0 Å². The first-order valence-electron chi connectivity index (χ1n) is 3.96. The summed E-state index contributed by atoms with van der Waals surface area (Å²) < 4.78 is 0. The molecule has 0 aliphatic heterocycles. The zero-order valence-electron chi connectivity index (χ0n) is 6.52. The number of hydrogen-bond acceptors (Lipinski definition) is 0. The van der Waals surface area contributed by atoms with Crippen molar-refractivity contribution in [2.75, 3.05) is 0 Å². The van der Waals surface area contributed by atoms with Crippen LogP contribution in [0, 0.1) is 0 Å². The van der Waals surface area contributed by atoms with E-state index in [1.54, 1.807) is 0 Å². The molecule has 56 valence electrons. The number of aromatic amines is 1. The van der Waals surface area contributed by atoms with Crippen LogP contribution in [0.3, 0.4) is 0 Å². The van der Waals surface area contributed by atoms with Gasteiger partial charge < -0.3 is 4.98 Å². The predicted molar refractivity (Wildman–Crippen MR) is 44.4 cm³/mol. The minimum atomic E-state index is 0. The maximum atomic E-state index is 3.30. The Balaban J connectivity index is 0.000000605. The highest BCUT2D eigenvalue weighted by atomic mass is 14.7. The molecule has 1 heteroatoms. The molecule has 1 aromatic rings. The van der Waals surface area contributed by atoms with Crippen molar-refractivity contribution in [2.24, 2.45) is 0 Å². The molecule has 0 saturated heterocycles. The number of nitrogens with one attached hydrogen (secondary N) is 1. The van der Waals surface area contributed by atoms with E-state index in [1.165, 1.54) is 17.7 Å². The molecule has 1 aliphatic rings. The van der Waals surface area contributed by atoms with Crippen LogP contribution in [-0.4, -0.2) is 4.98 Å². The van der Waals surface area contributed by atoms with Crippen molar-refractivity contribution in [3.05, 3.63) is 23.5 Å². The van der Waals surface area contributed by atoms with Gasteiger partial charge in [0.1, 0.15) is 0 Å². The van der Waals surface area contributed by atoms with Crippen molar-refractivity contribution >= 4 is 0 Å². The van der Waals surface area contributed by atoms with E-state index < -0.39 is 0 Å². The Morgan fingerprint density at radius 3 is 3.00 bits per heavy atom. The lowest BCUT2D eigenvalue weighted by atomic mass is 10.1. The Hall–Kier alpha value is -0.720. The van der Waals surface area contributed by atoms with Gasteiger partial charge in [-0.15, -0.1) is 0 Å². The summed E-state index contributed by atoms with van der Waals surface area (Å²) in [6, 6.07) is 2.21. The highest BCUT2D eigenvalue weighted by Gasteiger charge is 2.25. The van der Waals surface area contributed by atoms with Crippen molar-refractivity contribution in [2.45, 2.75) is 32.1 Å². The lowest BCUT2D eigenvalue weighted by molar-refractivity contribution is 0.652. The van der Waals surface area contributed by atoms with E-state index in [9.17, 15) is 0 Å². The quantitative estimate of drug-likeness (QED) is 0.566. The van der Waals surface area contributed by atoms with Crippen LogP contribution in [0.25, 0.3) is 0 Å². The highest BCUT2D eigenvalue weighted by Crippen LogP contribution is 2.39. The van der Waals surface area contributed by atoms with E-state index in [1.807, 2.05) is 0 Å². The summed E-state index contributed by atoms with van der Waals surface area (Å²) in [5.74, 6) is 1.52. The van der Waals surface area contributed by atoms with Crippen LogP contribution in [0.15, 0.2) is 12.3 Å². The fraction of sp³-hybridized carbons (Fsp3) is 0.556. The zero-order chi connectivity index (χ0) is 7.14. The number of hydrogen-bond donors (Lipinski definition) is 1. The molecule has 1 aromatic heterocycles. The van der Waals surface area contributed by atoms with Gasteiger partial charge in [0.25, 0.3) is 0 Å². The molecule has 2 atom stereocenters. The molecule has 1 N–H and O–H groups in total. The molecule has 10 heavy (non-hydrogen) atoms. The zero-order valence-corrected chi connectivity index (χ0v) is 6.52. The Morgan fingerprint density at radius 1 is 1.50 bits per heavy atom. The number of H-pyrrole nitrogens is 1. The Labute approximate surface area is 62.9 Å². The average Bonchev–Trinajstić information content (AvgIpc) is 2.39. The molecule has 0 amide bonds. The Morgan fingerprint density at radius 2 is 2.30 bits per heavy atom. The van der Waals surface area contributed by atoms with E-state index in [0.717, 1.165) is 11.8 Å². The van der Waals surface area contributed by atoms with Crippen LogP contribution in [-0.2, 0) is 0 Å². The second-order valence-electron chi connectivity index (χ2n) is 3.38. The lowest BCUT2D eigenvalue weighted by Crippen LogP contribution is -1.85. The third-order valence-electron chi connectivity index (χ3n) is 2.54. The number of rotatable bonds is 0. The monoisotopic (exact) mass is 137 g/mol. The molecule has 1 heterocycles. The molecule has 0 aromatic carbocycles. The van der Waals surface area contributed by atoms with Gasteiger partial charge in [0.05, 0.1) is 0 Å². The van der Waals surface area contributed by atoms with Crippen molar-refractivity contribution in [3.63, 3.8) is 0 Å². The van der Waals surface area contributed by atoms with Gasteiger partial charge in [-0.1, -0.05) is 13.8 Å². The molecule has 0 spiro atoms. The summed E-state index contributed by atoms with van der Waals surface area (Å²) in [5, 5.41) is 0. The second kappa shape index (κ2) is 1.88. The number of fused-ring (bicyclic) bond motifs is 1. The van der Waals surface area contributed by atoms with E-state index in [4.69, 9.17) is 0 Å². The van der Waals surface area contributed by atoms with Gasteiger partial charge in [-0.05, 0) is 29.9 Å². The average molecular weight is 137 g/mol. The molecule has 0 fully saturated rings. The molecule has 0 radical (unpaired) electrons. The van der Waals surface area contributed by atoms with Crippen LogP contribution in [0.5, 0.6) is 0 Å². The van der Waals surface area contributed by atoms with Gasteiger partial charge in [0, 0.05) is 13.3 Å². The van der Waals surface area contributed by atoms with Crippen LogP contribution in [0.1, 0.15) is 44.8 Å². The van der Waals surface area contributed by atoms with E-state index in [-0.39, 0.29) is 1.43 Å². The van der Waals surface area contributed by atoms with E-state index >= 15 is 0 Å². The van der Waals surface area contributed by atoms with Gasteiger partial charge in [-0.2, -0.15) is 0 Å². The van der Waals surface area contributed by atoms with Gasteiger partial charge >= 0.3 is 0 Å². The minimum absolute atomic E-state index is 0. The molecular weight excluding hydrogens is 122 g/mol. The van der Waals surface area contributed by atoms with Crippen molar-refractivity contribution in [1.82, 2.24) is 4.98 Å². The topological polar surface area (TPSA) is 15.8 Å². The third kappa shape index (κ3) is 0.634. The normalized spacial score (nSPS) is 30.6. The fourth-order valence-corrected chi connectivity index (χ4v) is 2.03. The smallest absolute Gasteiger partial charge is 0.0211 e. The van der Waals surface area contributed by atoms with Gasteiger partial charge in [0.15, 0.2) is 0 Å². The van der Waals surface area contributed by atoms with Crippen molar-refractivity contribution in [3.8, 4) is 0 Å². The first kappa shape index (κ1) is 6.02. The Kier molecular flexibility index (Phi) is 1.13. The van der Waals surface area contributed by atoms with Gasteiger partial charge in [-0.3, -0.25) is 0 Å². The van der Waals surface area contributed by atoms with Gasteiger partial charge in [-0.25, -0.2) is 0 Å². The molecule has 1 aliphatic carbocycles. The summed E-state index contributed by atoms with van der Waals surface area (Å²) in [7, 11) is 0. The Bertz CT molecular complexity index is 219. The minimum Gasteiger partial charge on any atom is -0.365 e. The summed E-state index contributed by atoms with van der Waals surface area (Å²) in [6.07, 6.45) is 3.37. The van der Waals surface area contributed by atoms with E-state index in [0.29, 0.717) is 0 Å². The summed E-state index contributed by atoms with van der Waals surface area (Å²) >= 11 is 0. The predicted octanol–water partition coefficient (Wildman–Crippen LogP) is 2.87. The van der Waals surface area contributed by atoms with Gasteiger partial charge in [0.2, 0.25) is 0 Å². The lowest BCUT2D eigenvalue weighted by Gasteiger charge is -2.00. The fourth-order valence-electron chi connectivity index (χ4n) is 2.03. The van der Waals surface area contributed by atoms with Crippen molar-refractivity contribution < 1.29 is 1.43 Å². The first-order valence-corrected chi connectivity index (χ1v) is 3.96.